The SMILES string of the molecule is COC(=O)C1=C(C)c2ccc(Cl)cc2C1O. The zero-order valence-corrected chi connectivity index (χ0v) is 9.71. The van der Waals surface area contributed by atoms with Crippen molar-refractivity contribution in [2.75, 3.05) is 7.11 Å². The minimum atomic E-state index is -0.943. The molecule has 0 heterocycles. The number of aliphatic hydroxyl groups is 1. The molecule has 0 fully saturated rings. The molecule has 3 nitrogen and oxygen atoms in total. The van der Waals surface area contributed by atoms with Gasteiger partial charge in [-0.25, -0.2) is 4.79 Å². The van der Waals surface area contributed by atoms with Crippen LogP contribution in [0.5, 0.6) is 0 Å². The first kappa shape index (κ1) is 11.2. The Kier molecular flexibility index (Phi) is 2.74. The average Bonchev–Trinajstić information content (AvgIpc) is 2.51. The van der Waals surface area contributed by atoms with Crippen molar-refractivity contribution in [3.63, 3.8) is 0 Å². The molecular formula is C12H11ClO3. The molecule has 0 saturated heterocycles. The number of methoxy groups -OCH3 is 1. The zero-order valence-electron chi connectivity index (χ0n) is 8.95. The van der Waals surface area contributed by atoms with Gasteiger partial charge in [-0.3, -0.25) is 0 Å². The van der Waals surface area contributed by atoms with E-state index in [1.165, 1.54) is 7.11 Å². The third-order valence-electron chi connectivity index (χ3n) is 2.79. The van der Waals surface area contributed by atoms with E-state index in [0.29, 0.717) is 16.2 Å². The molecule has 1 aliphatic carbocycles. The molecule has 16 heavy (non-hydrogen) atoms. The lowest BCUT2D eigenvalue weighted by molar-refractivity contribution is -0.137. The molecule has 1 aliphatic rings. The Hall–Kier alpha value is -1.32. The maximum atomic E-state index is 11.5. The Morgan fingerprint density at radius 2 is 2.19 bits per heavy atom. The number of fused-ring (bicyclic) bond motifs is 1. The topological polar surface area (TPSA) is 46.5 Å². The lowest BCUT2D eigenvalue weighted by Gasteiger charge is -2.08. The van der Waals surface area contributed by atoms with E-state index < -0.39 is 12.1 Å². The largest absolute Gasteiger partial charge is 0.466 e. The molecule has 0 spiro atoms. The fourth-order valence-corrected chi connectivity index (χ4v) is 2.16. The number of benzene rings is 1. The Labute approximate surface area is 98.3 Å². The highest BCUT2D eigenvalue weighted by molar-refractivity contribution is 6.30. The minimum Gasteiger partial charge on any atom is -0.466 e. The van der Waals surface area contributed by atoms with E-state index in [0.717, 1.165) is 11.1 Å². The minimum absolute atomic E-state index is 0.291. The predicted octanol–water partition coefficient (Wildman–Crippen LogP) is 2.33. The summed E-state index contributed by atoms with van der Waals surface area (Å²) in [6.45, 7) is 1.79. The van der Waals surface area contributed by atoms with E-state index in [1.807, 2.05) is 0 Å². The van der Waals surface area contributed by atoms with Crippen molar-refractivity contribution in [1.82, 2.24) is 0 Å². The first-order valence-corrected chi connectivity index (χ1v) is 5.21. The van der Waals surface area contributed by atoms with Gasteiger partial charge in [0, 0.05) is 5.02 Å². The number of hydrogen-bond donors (Lipinski definition) is 1. The van der Waals surface area contributed by atoms with Crippen molar-refractivity contribution in [1.29, 1.82) is 0 Å². The van der Waals surface area contributed by atoms with Crippen LogP contribution in [0.15, 0.2) is 23.8 Å². The van der Waals surface area contributed by atoms with E-state index in [9.17, 15) is 9.90 Å². The third kappa shape index (κ3) is 1.52. The highest BCUT2D eigenvalue weighted by Gasteiger charge is 2.32. The van der Waals surface area contributed by atoms with Gasteiger partial charge in [0.15, 0.2) is 0 Å². The molecule has 2 rings (SSSR count). The van der Waals surface area contributed by atoms with Crippen LogP contribution in [0.4, 0.5) is 0 Å². The normalized spacial score (nSPS) is 18.6. The summed E-state index contributed by atoms with van der Waals surface area (Å²) in [7, 11) is 1.30. The number of esters is 1. The number of carbonyl (C=O) groups excluding carboxylic acids is 1. The van der Waals surface area contributed by atoms with Crippen molar-refractivity contribution in [2.24, 2.45) is 0 Å². The lowest BCUT2D eigenvalue weighted by atomic mass is 10.1. The van der Waals surface area contributed by atoms with Gasteiger partial charge in [-0.15, -0.1) is 0 Å². The van der Waals surface area contributed by atoms with Gasteiger partial charge in [0.25, 0.3) is 0 Å². The monoisotopic (exact) mass is 238 g/mol. The average molecular weight is 239 g/mol. The van der Waals surface area contributed by atoms with E-state index in [4.69, 9.17) is 11.6 Å². The van der Waals surface area contributed by atoms with Gasteiger partial charge in [-0.05, 0) is 35.8 Å². The maximum absolute atomic E-state index is 11.5. The molecule has 0 saturated carbocycles. The summed E-state index contributed by atoms with van der Waals surface area (Å²) in [5.41, 5.74) is 2.54. The van der Waals surface area contributed by atoms with Crippen molar-refractivity contribution < 1.29 is 14.6 Å². The summed E-state index contributed by atoms with van der Waals surface area (Å²) in [6, 6.07) is 5.20. The molecule has 1 aromatic carbocycles. The van der Waals surface area contributed by atoms with E-state index in [2.05, 4.69) is 4.74 Å². The highest BCUT2D eigenvalue weighted by Crippen LogP contribution is 2.41. The van der Waals surface area contributed by atoms with Crippen molar-refractivity contribution in [2.45, 2.75) is 13.0 Å². The van der Waals surface area contributed by atoms with E-state index >= 15 is 0 Å². The molecule has 0 aromatic heterocycles. The summed E-state index contributed by atoms with van der Waals surface area (Å²) in [5, 5.41) is 10.6. The van der Waals surface area contributed by atoms with Gasteiger partial charge in [-0.1, -0.05) is 17.7 Å². The number of halogens is 1. The number of carbonyl (C=O) groups is 1. The summed E-state index contributed by atoms with van der Waals surface area (Å²) < 4.78 is 4.65. The Morgan fingerprint density at radius 1 is 1.50 bits per heavy atom. The fourth-order valence-electron chi connectivity index (χ4n) is 1.98. The number of rotatable bonds is 1. The second-order valence-corrected chi connectivity index (χ2v) is 4.10. The van der Waals surface area contributed by atoms with Crippen LogP contribution in [0.25, 0.3) is 5.57 Å². The number of ether oxygens (including phenoxy) is 1. The number of aliphatic hydroxyl groups excluding tert-OH is 1. The Bertz CT molecular complexity index is 491. The summed E-state index contributed by atoms with van der Waals surface area (Å²) in [5.74, 6) is -0.502. The first-order valence-electron chi connectivity index (χ1n) is 4.83. The highest BCUT2D eigenvalue weighted by atomic mass is 35.5. The molecule has 1 N–H and O–H groups in total. The molecule has 4 heteroatoms. The Balaban J connectivity index is 2.55. The van der Waals surface area contributed by atoms with Crippen LogP contribution in [0.1, 0.15) is 24.2 Å². The summed E-state index contributed by atoms with van der Waals surface area (Å²) in [4.78, 5) is 11.5. The fraction of sp³-hybridized carbons (Fsp3) is 0.250. The molecular weight excluding hydrogens is 228 g/mol. The second-order valence-electron chi connectivity index (χ2n) is 3.66. The molecule has 0 bridgehead atoms. The van der Waals surface area contributed by atoms with Crippen molar-refractivity contribution >= 4 is 23.1 Å². The number of allylic oxidation sites excluding steroid dienone is 1. The molecule has 84 valence electrons. The van der Waals surface area contributed by atoms with Crippen LogP contribution in [-0.4, -0.2) is 18.2 Å². The van der Waals surface area contributed by atoms with Crippen LogP contribution in [0, 0.1) is 0 Å². The molecule has 0 aliphatic heterocycles. The molecule has 1 aromatic rings. The van der Waals surface area contributed by atoms with Gasteiger partial charge in [0.1, 0.15) is 6.10 Å². The van der Waals surface area contributed by atoms with Crippen LogP contribution in [0.3, 0.4) is 0 Å². The predicted molar refractivity (Wildman–Crippen MR) is 61.0 cm³/mol. The van der Waals surface area contributed by atoms with Crippen LogP contribution in [0.2, 0.25) is 5.02 Å². The van der Waals surface area contributed by atoms with Gasteiger partial charge in [0.05, 0.1) is 12.7 Å². The van der Waals surface area contributed by atoms with Gasteiger partial charge in [-0.2, -0.15) is 0 Å². The third-order valence-corrected chi connectivity index (χ3v) is 3.03. The summed E-state index contributed by atoms with van der Waals surface area (Å²) >= 11 is 5.85. The van der Waals surface area contributed by atoms with Crippen LogP contribution >= 0.6 is 11.6 Å². The van der Waals surface area contributed by atoms with Gasteiger partial charge >= 0.3 is 5.97 Å². The van der Waals surface area contributed by atoms with Crippen LogP contribution in [-0.2, 0) is 9.53 Å². The molecule has 1 unspecified atom stereocenters. The quantitative estimate of drug-likeness (QED) is 0.764. The van der Waals surface area contributed by atoms with E-state index in [1.54, 1.807) is 25.1 Å². The molecule has 1 atom stereocenters. The van der Waals surface area contributed by atoms with Gasteiger partial charge < -0.3 is 9.84 Å². The lowest BCUT2D eigenvalue weighted by Crippen LogP contribution is -2.10. The first-order chi connectivity index (χ1) is 7.56. The van der Waals surface area contributed by atoms with Crippen LogP contribution < -0.4 is 0 Å². The summed E-state index contributed by atoms with van der Waals surface area (Å²) in [6.07, 6.45) is -0.943. The zero-order chi connectivity index (χ0) is 11.9. The van der Waals surface area contributed by atoms with E-state index in [-0.39, 0.29) is 0 Å². The smallest absolute Gasteiger partial charge is 0.337 e. The van der Waals surface area contributed by atoms with Crippen molar-refractivity contribution in [3.05, 3.63) is 39.9 Å². The molecule has 0 radical (unpaired) electrons. The maximum Gasteiger partial charge on any atom is 0.337 e. The van der Waals surface area contributed by atoms with Gasteiger partial charge in [0.2, 0.25) is 0 Å². The second kappa shape index (κ2) is 3.92. The standard InChI is InChI=1S/C12H11ClO3/c1-6-8-4-3-7(13)5-9(8)11(14)10(6)12(15)16-2/h3-5,11,14H,1-2H3. The molecule has 0 amide bonds. The Morgan fingerprint density at radius 3 is 2.81 bits per heavy atom. The van der Waals surface area contributed by atoms with Crippen molar-refractivity contribution in [3.8, 4) is 0 Å². The number of hydrogen-bond acceptors (Lipinski definition) is 3.